The Kier molecular flexibility index (Phi) is 4.08. The van der Waals surface area contributed by atoms with Crippen LogP contribution in [0.3, 0.4) is 0 Å². The molecule has 1 heterocycles. The number of epoxide rings is 1. The van der Waals surface area contributed by atoms with Gasteiger partial charge in [-0.25, -0.2) is 0 Å². The summed E-state index contributed by atoms with van der Waals surface area (Å²) in [6, 6.07) is 15.6. The van der Waals surface area contributed by atoms with Gasteiger partial charge in [-0.05, 0) is 23.3 Å². The molecule has 0 saturated carbocycles. The highest BCUT2D eigenvalue weighted by atomic mass is 16.6. The van der Waals surface area contributed by atoms with E-state index < -0.39 is 6.10 Å². The van der Waals surface area contributed by atoms with Crippen LogP contribution < -0.4 is 0 Å². The highest BCUT2D eigenvalue weighted by Gasteiger charge is 2.39. The molecule has 0 bridgehead atoms. The quantitative estimate of drug-likeness (QED) is 0.625. The lowest BCUT2D eigenvalue weighted by molar-refractivity contribution is -0.147. The molecular weight excluding hydrogens is 278 g/mol. The van der Waals surface area contributed by atoms with Gasteiger partial charge in [0, 0.05) is 5.56 Å². The van der Waals surface area contributed by atoms with Gasteiger partial charge >= 0.3 is 5.97 Å². The summed E-state index contributed by atoms with van der Waals surface area (Å²) in [5.74, 6) is -0.388. The van der Waals surface area contributed by atoms with Crippen LogP contribution >= 0.6 is 0 Å². The standard InChI is InChI=1S/C18H17NO3/c1-2-15-16(21-15)10-18(20)22-17(11-19)14-8-7-12-5-3-4-6-13(12)9-14/h3-9,15-17H,2,10H2,1H3. The first kappa shape index (κ1) is 14.6. The van der Waals surface area contributed by atoms with Crippen molar-refractivity contribution in [1.82, 2.24) is 0 Å². The third-order valence-electron chi connectivity index (χ3n) is 3.90. The molecule has 0 spiro atoms. The first-order chi connectivity index (χ1) is 10.7. The molecule has 4 heteroatoms. The zero-order valence-corrected chi connectivity index (χ0v) is 12.4. The maximum absolute atomic E-state index is 11.9. The molecular formula is C18H17NO3. The van der Waals surface area contributed by atoms with Crippen molar-refractivity contribution in [3.05, 3.63) is 48.0 Å². The SMILES string of the molecule is CCC1OC1CC(=O)OC(C#N)c1ccc2ccccc2c1. The van der Waals surface area contributed by atoms with E-state index in [0.717, 1.165) is 17.2 Å². The third kappa shape index (κ3) is 3.10. The van der Waals surface area contributed by atoms with Crippen LogP contribution in [0.4, 0.5) is 0 Å². The molecule has 4 nitrogen and oxygen atoms in total. The number of hydrogen-bond acceptors (Lipinski definition) is 4. The minimum Gasteiger partial charge on any atom is -0.442 e. The van der Waals surface area contributed by atoms with E-state index in [1.165, 1.54) is 0 Å². The van der Waals surface area contributed by atoms with Gasteiger partial charge < -0.3 is 9.47 Å². The Balaban J connectivity index is 1.70. The average molecular weight is 295 g/mol. The Labute approximate surface area is 129 Å². The van der Waals surface area contributed by atoms with Crippen molar-refractivity contribution < 1.29 is 14.3 Å². The molecule has 2 aromatic carbocycles. The molecule has 1 fully saturated rings. The molecule has 0 amide bonds. The average Bonchev–Trinajstić information content (AvgIpc) is 3.30. The van der Waals surface area contributed by atoms with Gasteiger partial charge in [-0.1, -0.05) is 43.3 Å². The first-order valence-electron chi connectivity index (χ1n) is 7.44. The fourth-order valence-electron chi connectivity index (χ4n) is 2.60. The Morgan fingerprint density at radius 1 is 1.27 bits per heavy atom. The van der Waals surface area contributed by atoms with Gasteiger partial charge in [0.05, 0.1) is 18.6 Å². The number of fused-ring (bicyclic) bond motifs is 1. The molecule has 1 saturated heterocycles. The van der Waals surface area contributed by atoms with E-state index in [9.17, 15) is 10.1 Å². The predicted molar refractivity (Wildman–Crippen MR) is 82.0 cm³/mol. The Hall–Kier alpha value is -2.38. The van der Waals surface area contributed by atoms with Crippen molar-refractivity contribution in [2.45, 2.75) is 38.1 Å². The molecule has 0 aromatic heterocycles. The molecule has 3 rings (SSSR count). The molecule has 2 aromatic rings. The minimum absolute atomic E-state index is 0.0477. The number of rotatable bonds is 5. The monoisotopic (exact) mass is 295 g/mol. The lowest BCUT2D eigenvalue weighted by Crippen LogP contribution is -2.13. The molecule has 112 valence electrons. The molecule has 1 aliphatic heterocycles. The number of esters is 1. The predicted octanol–water partition coefficient (Wildman–Crippen LogP) is 3.52. The van der Waals surface area contributed by atoms with Crippen LogP contribution in [0.15, 0.2) is 42.5 Å². The Bertz CT molecular complexity index is 734. The van der Waals surface area contributed by atoms with E-state index in [1.54, 1.807) is 0 Å². The first-order valence-corrected chi connectivity index (χ1v) is 7.44. The molecule has 0 N–H and O–H groups in total. The van der Waals surface area contributed by atoms with Crippen LogP contribution in [0.25, 0.3) is 10.8 Å². The Morgan fingerprint density at radius 3 is 2.73 bits per heavy atom. The van der Waals surface area contributed by atoms with Crippen molar-refractivity contribution in [2.75, 3.05) is 0 Å². The molecule has 22 heavy (non-hydrogen) atoms. The lowest BCUT2D eigenvalue weighted by atomic mass is 10.0. The van der Waals surface area contributed by atoms with E-state index in [-0.39, 0.29) is 24.6 Å². The summed E-state index contributed by atoms with van der Waals surface area (Å²) in [5.41, 5.74) is 0.693. The van der Waals surface area contributed by atoms with Gasteiger partial charge in [0.15, 0.2) is 0 Å². The van der Waals surface area contributed by atoms with Crippen molar-refractivity contribution in [1.29, 1.82) is 5.26 Å². The summed E-state index contributed by atoms with van der Waals surface area (Å²) in [7, 11) is 0. The van der Waals surface area contributed by atoms with E-state index >= 15 is 0 Å². The molecule has 1 aliphatic rings. The van der Waals surface area contributed by atoms with Crippen molar-refractivity contribution in [3.8, 4) is 6.07 Å². The second kappa shape index (κ2) is 6.17. The summed E-state index contributed by atoms with van der Waals surface area (Å²) < 4.78 is 10.6. The lowest BCUT2D eigenvalue weighted by Gasteiger charge is -2.11. The summed E-state index contributed by atoms with van der Waals surface area (Å²) in [4.78, 5) is 11.9. The third-order valence-corrected chi connectivity index (χ3v) is 3.90. The number of benzene rings is 2. The number of hydrogen-bond donors (Lipinski definition) is 0. The van der Waals surface area contributed by atoms with E-state index in [2.05, 4.69) is 0 Å². The number of nitrogens with zero attached hydrogens (tertiary/aromatic N) is 1. The van der Waals surface area contributed by atoms with Crippen molar-refractivity contribution >= 4 is 16.7 Å². The van der Waals surface area contributed by atoms with Crippen LogP contribution in [-0.2, 0) is 14.3 Å². The zero-order valence-electron chi connectivity index (χ0n) is 12.4. The van der Waals surface area contributed by atoms with Gasteiger partial charge in [-0.15, -0.1) is 0 Å². The van der Waals surface area contributed by atoms with Crippen LogP contribution in [0.5, 0.6) is 0 Å². The summed E-state index contributed by atoms with van der Waals surface area (Å²) in [6.07, 6.45) is 0.340. The number of nitriles is 1. The molecule has 3 unspecified atom stereocenters. The minimum atomic E-state index is -0.879. The fraction of sp³-hybridized carbons (Fsp3) is 0.333. The van der Waals surface area contributed by atoms with Gasteiger partial charge in [0.2, 0.25) is 6.10 Å². The maximum Gasteiger partial charge on any atom is 0.310 e. The van der Waals surface area contributed by atoms with Gasteiger partial charge in [0.25, 0.3) is 0 Å². The molecule has 0 aliphatic carbocycles. The van der Waals surface area contributed by atoms with Crippen LogP contribution in [-0.4, -0.2) is 18.2 Å². The van der Waals surface area contributed by atoms with E-state index in [1.807, 2.05) is 55.5 Å². The second-order valence-electron chi connectivity index (χ2n) is 5.43. The fourth-order valence-corrected chi connectivity index (χ4v) is 2.60. The van der Waals surface area contributed by atoms with Gasteiger partial charge in [-0.2, -0.15) is 5.26 Å². The van der Waals surface area contributed by atoms with Crippen molar-refractivity contribution in [2.24, 2.45) is 0 Å². The number of carbonyl (C=O) groups excluding carboxylic acids is 1. The summed E-state index contributed by atoms with van der Waals surface area (Å²) in [6.45, 7) is 2.02. The summed E-state index contributed by atoms with van der Waals surface area (Å²) >= 11 is 0. The largest absolute Gasteiger partial charge is 0.442 e. The zero-order chi connectivity index (χ0) is 15.5. The number of ether oxygens (including phenoxy) is 2. The molecule has 3 atom stereocenters. The van der Waals surface area contributed by atoms with E-state index in [4.69, 9.17) is 9.47 Å². The smallest absolute Gasteiger partial charge is 0.310 e. The highest BCUT2D eigenvalue weighted by molar-refractivity contribution is 5.83. The summed E-state index contributed by atoms with van der Waals surface area (Å²) in [5, 5.41) is 11.4. The van der Waals surface area contributed by atoms with Crippen molar-refractivity contribution in [3.63, 3.8) is 0 Å². The topological polar surface area (TPSA) is 62.6 Å². The normalized spacial score (nSPS) is 21.1. The molecule has 0 radical (unpaired) electrons. The van der Waals surface area contributed by atoms with E-state index in [0.29, 0.717) is 5.56 Å². The van der Waals surface area contributed by atoms with Gasteiger partial charge in [-0.3, -0.25) is 4.79 Å². The van der Waals surface area contributed by atoms with Crippen LogP contribution in [0.1, 0.15) is 31.4 Å². The van der Waals surface area contributed by atoms with Crippen LogP contribution in [0, 0.1) is 11.3 Å². The Morgan fingerprint density at radius 2 is 2.05 bits per heavy atom. The van der Waals surface area contributed by atoms with Crippen LogP contribution in [0.2, 0.25) is 0 Å². The maximum atomic E-state index is 11.9. The highest BCUT2D eigenvalue weighted by Crippen LogP contribution is 2.29. The second-order valence-corrected chi connectivity index (χ2v) is 5.43. The number of carbonyl (C=O) groups is 1. The van der Waals surface area contributed by atoms with Gasteiger partial charge in [0.1, 0.15) is 6.07 Å².